The van der Waals surface area contributed by atoms with Gasteiger partial charge in [-0.1, -0.05) is 37.3 Å². The molecule has 2 N–H and O–H groups in total. The fraction of sp³-hybridized carbons (Fsp3) is 0.500. The van der Waals surface area contributed by atoms with E-state index in [0.29, 0.717) is 11.8 Å². The molecule has 2 atom stereocenters. The molecule has 1 amide bonds. The van der Waals surface area contributed by atoms with Crippen LogP contribution in [0.3, 0.4) is 0 Å². The third kappa shape index (κ3) is 3.24. The van der Waals surface area contributed by atoms with Gasteiger partial charge in [0, 0.05) is 13.1 Å². The molecule has 0 aromatic heterocycles. The van der Waals surface area contributed by atoms with Gasteiger partial charge in [0.15, 0.2) is 0 Å². The number of nitrogens with two attached hydrogens (primary N) is 1. The lowest BCUT2D eigenvalue weighted by atomic mass is 9.81. The number of carbonyl (C=O) groups excluding carboxylic acids is 1. The molecule has 2 unspecified atom stereocenters. The summed E-state index contributed by atoms with van der Waals surface area (Å²) >= 11 is 0. The number of nitrogens with zero attached hydrogens (tertiary/aromatic N) is 1. The lowest BCUT2D eigenvalue weighted by molar-refractivity contribution is -0.131. The molecule has 18 heavy (non-hydrogen) atoms. The summed E-state index contributed by atoms with van der Waals surface area (Å²) in [4.78, 5) is 13.4. The lowest BCUT2D eigenvalue weighted by Crippen LogP contribution is -2.44. The van der Waals surface area contributed by atoms with Gasteiger partial charge in [0.05, 0.1) is 6.54 Å². The van der Waals surface area contributed by atoms with Gasteiger partial charge >= 0.3 is 0 Å². The normalized spacial score (nSPS) is 23.3. The Morgan fingerprint density at radius 2 is 2.06 bits per heavy atom. The number of likely N-dealkylation sites (tertiary alicyclic amines) is 1. The van der Waals surface area contributed by atoms with E-state index in [4.69, 9.17) is 5.73 Å². The molecule has 0 bridgehead atoms. The van der Waals surface area contributed by atoms with Gasteiger partial charge in [0.2, 0.25) is 5.91 Å². The molecular weight excluding hydrogens is 248 g/mol. The summed E-state index contributed by atoms with van der Waals surface area (Å²) < 4.78 is 0. The molecule has 0 aliphatic carbocycles. The summed E-state index contributed by atoms with van der Waals surface area (Å²) in [6.07, 6.45) is 1.04. The smallest absolute Gasteiger partial charge is 0.236 e. The van der Waals surface area contributed by atoms with E-state index >= 15 is 0 Å². The molecule has 1 aliphatic rings. The second kappa shape index (κ2) is 6.76. The van der Waals surface area contributed by atoms with Crippen LogP contribution < -0.4 is 5.73 Å². The summed E-state index contributed by atoms with van der Waals surface area (Å²) in [5.41, 5.74) is 6.79. The molecular formula is C14H21ClN2O. The van der Waals surface area contributed by atoms with Crippen molar-refractivity contribution in [1.82, 2.24) is 4.90 Å². The number of amides is 1. The van der Waals surface area contributed by atoms with Crippen molar-refractivity contribution in [2.24, 2.45) is 11.7 Å². The van der Waals surface area contributed by atoms with E-state index in [9.17, 15) is 4.79 Å². The van der Waals surface area contributed by atoms with Gasteiger partial charge in [-0.25, -0.2) is 0 Å². The van der Waals surface area contributed by atoms with Gasteiger partial charge in [0.1, 0.15) is 0 Å². The minimum Gasteiger partial charge on any atom is -0.341 e. The van der Waals surface area contributed by atoms with Gasteiger partial charge in [0.25, 0.3) is 0 Å². The third-order valence-electron chi connectivity index (χ3n) is 3.66. The molecule has 0 saturated carbocycles. The topological polar surface area (TPSA) is 46.3 Å². The van der Waals surface area contributed by atoms with Crippen LogP contribution in [0.15, 0.2) is 30.3 Å². The molecule has 3 nitrogen and oxygen atoms in total. The largest absolute Gasteiger partial charge is 0.341 e. The molecule has 1 aromatic rings. The molecule has 1 fully saturated rings. The van der Waals surface area contributed by atoms with Crippen LogP contribution in [0.2, 0.25) is 0 Å². The standard InChI is InChI=1S/C14H20N2O.ClH/c1-11-10-16(14(17)9-15)8-7-13(11)12-5-3-2-4-6-12;/h2-6,11,13H,7-10,15H2,1H3;1H. The monoisotopic (exact) mass is 268 g/mol. The Bertz CT molecular complexity index is 383. The predicted octanol–water partition coefficient (Wildman–Crippen LogP) is 2.02. The van der Waals surface area contributed by atoms with Crippen molar-refractivity contribution in [1.29, 1.82) is 0 Å². The average molecular weight is 269 g/mol. The zero-order valence-electron chi connectivity index (χ0n) is 10.7. The van der Waals surface area contributed by atoms with E-state index in [2.05, 4.69) is 31.2 Å². The van der Waals surface area contributed by atoms with Gasteiger partial charge in [-0.3, -0.25) is 4.79 Å². The number of hydrogen-bond donors (Lipinski definition) is 1. The summed E-state index contributed by atoms with van der Waals surface area (Å²) in [6, 6.07) is 10.6. The number of halogens is 1. The molecule has 2 rings (SSSR count). The van der Waals surface area contributed by atoms with Gasteiger partial charge in [-0.05, 0) is 23.8 Å². The summed E-state index contributed by atoms with van der Waals surface area (Å²) in [5.74, 6) is 1.14. The van der Waals surface area contributed by atoms with Crippen LogP contribution in [0.4, 0.5) is 0 Å². The molecule has 1 aliphatic heterocycles. The Kier molecular flexibility index (Phi) is 5.63. The van der Waals surface area contributed by atoms with Crippen LogP contribution in [0.1, 0.15) is 24.8 Å². The van der Waals surface area contributed by atoms with E-state index in [1.165, 1.54) is 5.56 Å². The Morgan fingerprint density at radius 1 is 1.39 bits per heavy atom. The van der Waals surface area contributed by atoms with Gasteiger partial charge < -0.3 is 10.6 Å². The highest BCUT2D eigenvalue weighted by atomic mass is 35.5. The van der Waals surface area contributed by atoms with E-state index in [0.717, 1.165) is 19.5 Å². The van der Waals surface area contributed by atoms with Crippen LogP contribution in [-0.4, -0.2) is 30.4 Å². The van der Waals surface area contributed by atoms with Crippen LogP contribution >= 0.6 is 12.4 Å². The highest BCUT2D eigenvalue weighted by Crippen LogP contribution is 2.32. The van der Waals surface area contributed by atoms with Crippen molar-refractivity contribution < 1.29 is 4.79 Å². The van der Waals surface area contributed by atoms with Crippen molar-refractivity contribution in [3.05, 3.63) is 35.9 Å². The summed E-state index contributed by atoms with van der Waals surface area (Å²) in [5, 5.41) is 0. The van der Waals surface area contributed by atoms with E-state index in [1.807, 2.05) is 11.0 Å². The fourth-order valence-corrected chi connectivity index (χ4v) is 2.70. The SMILES string of the molecule is CC1CN(C(=O)CN)CCC1c1ccccc1.Cl. The lowest BCUT2D eigenvalue weighted by Gasteiger charge is -2.37. The van der Waals surface area contributed by atoms with Gasteiger partial charge in [-0.15, -0.1) is 12.4 Å². The first-order valence-corrected chi connectivity index (χ1v) is 6.25. The molecule has 0 radical (unpaired) electrons. The molecule has 1 heterocycles. The van der Waals surface area contributed by atoms with Crippen LogP contribution in [0, 0.1) is 5.92 Å². The average Bonchev–Trinajstić information content (AvgIpc) is 2.38. The number of carbonyl (C=O) groups is 1. The predicted molar refractivity (Wildman–Crippen MR) is 75.8 cm³/mol. The number of piperidine rings is 1. The maximum absolute atomic E-state index is 11.6. The summed E-state index contributed by atoms with van der Waals surface area (Å²) in [6.45, 7) is 4.01. The highest BCUT2D eigenvalue weighted by Gasteiger charge is 2.28. The number of rotatable bonds is 2. The van der Waals surface area contributed by atoms with E-state index in [-0.39, 0.29) is 24.9 Å². The van der Waals surface area contributed by atoms with E-state index < -0.39 is 0 Å². The van der Waals surface area contributed by atoms with Crippen molar-refractivity contribution in [2.75, 3.05) is 19.6 Å². The van der Waals surface area contributed by atoms with Crippen molar-refractivity contribution in [2.45, 2.75) is 19.3 Å². The molecule has 1 saturated heterocycles. The van der Waals surface area contributed by atoms with Crippen LogP contribution in [0.5, 0.6) is 0 Å². The second-order valence-electron chi connectivity index (χ2n) is 4.83. The van der Waals surface area contributed by atoms with Crippen LogP contribution in [-0.2, 0) is 4.79 Å². The Hall–Kier alpha value is -1.06. The number of hydrogen-bond acceptors (Lipinski definition) is 2. The third-order valence-corrected chi connectivity index (χ3v) is 3.66. The summed E-state index contributed by atoms with van der Waals surface area (Å²) in [7, 11) is 0. The van der Waals surface area contributed by atoms with Crippen molar-refractivity contribution in [3.8, 4) is 0 Å². The quantitative estimate of drug-likeness (QED) is 0.892. The zero-order valence-corrected chi connectivity index (χ0v) is 11.5. The fourth-order valence-electron chi connectivity index (χ4n) is 2.70. The second-order valence-corrected chi connectivity index (χ2v) is 4.83. The first kappa shape index (κ1) is 15.0. The molecule has 0 spiro atoms. The van der Waals surface area contributed by atoms with Crippen molar-refractivity contribution in [3.63, 3.8) is 0 Å². The van der Waals surface area contributed by atoms with E-state index in [1.54, 1.807) is 0 Å². The Morgan fingerprint density at radius 3 is 2.61 bits per heavy atom. The highest BCUT2D eigenvalue weighted by molar-refractivity contribution is 5.85. The Balaban J connectivity index is 0.00000162. The van der Waals surface area contributed by atoms with Crippen LogP contribution in [0.25, 0.3) is 0 Å². The molecule has 1 aromatic carbocycles. The number of benzene rings is 1. The molecule has 4 heteroatoms. The zero-order chi connectivity index (χ0) is 12.3. The van der Waals surface area contributed by atoms with Gasteiger partial charge in [-0.2, -0.15) is 0 Å². The first-order valence-electron chi connectivity index (χ1n) is 6.25. The minimum absolute atomic E-state index is 0. The maximum Gasteiger partial charge on any atom is 0.236 e. The maximum atomic E-state index is 11.6. The first-order chi connectivity index (χ1) is 8.22. The van der Waals surface area contributed by atoms with Crippen molar-refractivity contribution >= 4 is 18.3 Å². The Labute approximate surface area is 115 Å². The molecule has 100 valence electrons. The minimum atomic E-state index is 0.